The number of nitrogens with zero attached hydrogens (tertiary/aromatic N) is 2. The predicted octanol–water partition coefficient (Wildman–Crippen LogP) is 2.34. The average molecular weight is 347 g/mol. The highest BCUT2D eigenvalue weighted by Crippen LogP contribution is 2.15. The minimum absolute atomic E-state index is 0.0726. The molecule has 1 aliphatic rings. The van der Waals surface area contributed by atoms with Gasteiger partial charge in [-0.15, -0.1) is 0 Å². The Balaban J connectivity index is 1.96. The number of anilines is 1. The second-order valence-corrected chi connectivity index (χ2v) is 6.99. The van der Waals surface area contributed by atoms with Crippen LogP contribution in [0.5, 0.6) is 0 Å². The number of ether oxygens (including phenoxy) is 1. The topological polar surface area (TPSA) is 79.0 Å². The van der Waals surface area contributed by atoms with E-state index in [1.54, 1.807) is 54.8 Å². The Hall–Kier alpha value is -2.57. The van der Waals surface area contributed by atoms with E-state index in [9.17, 15) is 14.4 Å². The van der Waals surface area contributed by atoms with Crippen molar-refractivity contribution in [3.63, 3.8) is 0 Å². The molecule has 1 heterocycles. The summed E-state index contributed by atoms with van der Waals surface area (Å²) in [6.45, 7) is 7.75. The van der Waals surface area contributed by atoms with Crippen LogP contribution in [0, 0.1) is 0 Å². The molecule has 2 rings (SSSR count). The van der Waals surface area contributed by atoms with Crippen LogP contribution in [0.2, 0.25) is 0 Å². The number of amides is 3. The Morgan fingerprint density at radius 1 is 1.08 bits per heavy atom. The fourth-order valence-corrected chi connectivity index (χ4v) is 2.55. The first-order valence-corrected chi connectivity index (χ1v) is 8.37. The van der Waals surface area contributed by atoms with Crippen molar-refractivity contribution in [2.24, 2.45) is 0 Å². The van der Waals surface area contributed by atoms with Gasteiger partial charge in [-0.2, -0.15) is 0 Å². The van der Waals surface area contributed by atoms with Gasteiger partial charge in [0.1, 0.15) is 5.60 Å². The monoisotopic (exact) mass is 347 g/mol. The molecule has 1 fully saturated rings. The summed E-state index contributed by atoms with van der Waals surface area (Å²) in [5, 5.41) is 2.64. The zero-order valence-electron chi connectivity index (χ0n) is 14.9. The van der Waals surface area contributed by atoms with E-state index in [2.05, 4.69) is 5.32 Å². The lowest BCUT2D eigenvalue weighted by Crippen LogP contribution is -2.34. The van der Waals surface area contributed by atoms with Crippen molar-refractivity contribution >= 4 is 24.1 Å². The molecule has 0 spiro atoms. The summed E-state index contributed by atoms with van der Waals surface area (Å²) in [7, 11) is 0. The van der Waals surface area contributed by atoms with E-state index in [1.165, 1.54) is 0 Å². The quantitative estimate of drug-likeness (QED) is 0.851. The van der Waals surface area contributed by atoms with Crippen LogP contribution >= 0.6 is 0 Å². The van der Waals surface area contributed by atoms with Gasteiger partial charge in [-0.25, -0.2) is 4.79 Å². The van der Waals surface area contributed by atoms with E-state index in [0.717, 1.165) is 12.8 Å². The second kappa shape index (κ2) is 8.00. The summed E-state index contributed by atoms with van der Waals surface area (Å²) in [5.41, 5.74) is 0.547. The largest absolute Gasteiger partial charge is 0.444 e. The zero-order chi connectivity index (χ0) is 18.4. The van der Waals surface area contributed by atoms with Gasteiger partial charge in [0.25, 0.3) is 5.91 Å². The van der Waals surface area contributed by atoms with Crippen molar-refractivity contribution < 1.29 is 19.1 Å². The highest BCUT2D eigenvalue weighted by Gasteiger charge is 2.20. The highest BCUT2D eigenvalue weighted by molar-refractivity contribution is 5.95. The maximum atomic E-state index is 12.6. The molecule has 25 heavy (non-hydrogen) atoms. The Morgan fingerprint density at radius 2 is 1.76 bits per heavy atom. The van der Waals surface area contributed by atoms with Crippen molar-refractivity contribution in [3.8, 4) is 0 Å². The molecule has 1 aromatic carbocycles. The molecule has 0 atom stereocenters. The number of rotatable bonds is 3. The van der Waals surface area contributed by atoms with Crippen LogP contribution in [-0.2, 0) is 9.53 Å². The van der Waals surface area contributed by atoms with E-state index < -0.39 is 11.7 Å². The molecule has 0 aliphatic carbocycles. The number of benzene rings is 1. The van der Waals surface area contributed by atoms with E-state index >= 15 is 0 Å². The third-order valence-corrected chi connectivity index (χ3v) is 3.74. The van der Waals surface area contributed by atoms with Crippen LogP contribution in [0.15, 0.2) is 24.3 Å². The molecule has 7 nitrogen and oxygen atoms in total. The molecule has 1 aliphatic heterocycles. The Morgan fingerprint density at radius 3 is 2.36 bits per heavy atom. The Labute approximate surface area is 147 Å². The van der Waals surface area contributed by atoms with Crippen LogP contribution < -0.4 is 5.32 Å². The maximum Gasteiger partial charge on any atom is 0.412 e. The van der Waals surface area contributed by atoms with Crippen LogP contribution in [0.4, 0.5) is 10.5 Å². The smallest absolute Gasteiger partial charge is 0.412 e. The van der Waals surface area contributed by atoms with E-state index in [4.69, 9.17) is 4.74 Å². The Bertz CT molecular complexity index is 622. The van der Waals surface area contributed by atoms with Gasteiger partial charge >= 0.3 is 6.09 Å². The van der Waals surface area contributed by atoms with Gasteiger partial charge in [0.05, 0.1) is 0 Å². The van der Waals surface area contributed by atoms with Crippen LogP contribution in [0.3, 0.4) is 0 Å². The van der Waals surface area contributed by atoms with E-state index in [-0.39, 0.29) is 5.91 Å². The van der Waals surface area contributed by atoms with Crippen molar-refractivity contribution in [1.82, 2.24) is 9.80 Å². The van der Waals surface area contributed by atoms with E-state index in [1.807, 2.05) is 0 Å². The lowest BCUT2D eigenvalue weighted by atomic mass is 10.1. The van der Waals surface area contributed by atoms with Gasteiger partial charge in [0.15, 0.2) is 0 Å². The van der Waals surface area contributed by atoms with E-state index in [0.29, 0.717) is 37.4 Å². The lowest BCUT2D eigenvalue weighted by molar-refractivity contribution is -0.118. The Kier molecular flexibility index (Phi) is 6.01. The molecule has 0 unspecified atom stereocenters. The number of nitrogens with one attached hydrogen (secondary N) is 1. The summed E-state index contributed by atoms with van der Waals surface area (Å²) in [4.78, 5) is 38.6. The number of hydrogen-bond acceptors (Lipinski definition) is 4. The average Bonchev–Trinajstić information content (AvgIpc) is 2.78. The van der Waals surface area contributed by atoms with Gasteiger partial charge < -0.3 is 14.5 Å². The summed E-state index contributed by atoms with van der Waals surface area (Å²) < 4.78 is 5.19. The lowest BCUT2D eigenvalue weighted by Gasteiger charge is -2.21. The summed E-state index contributed by atoms with van der Waals surface area (Å²) in [6, 6.07) is 6.70. The van der Waals surface area contributed by atoms with Crippen LogP contribution in [-0.4, -0.2) is 60.0 Å². The predicted molar refractivity (Wildman–Crippen MR) is 94.5 cm³/mol. The van der Waals surface area contributed by atoms with Crippen molar-refractivity contribution in [2.75, 3.05) is 31.5 Å². The van der Waals surface area contributed by atoms with Gasteiger partial charge in [0, 0.05) is 37.4 Å². The first kappa shape index (κ1) is 18.8. The minimum Gasteiger partial charge on any atom is -0.444 e. The normalized spacial score (nSPS) is 15.3. The molecule has 0 aromatic heterocycles. The minimum atomic E-state index is -0.567. The zero-order valence-corrected chi connectivity index (χ0v) is 14.9. The van der Waals surface area contributed by atoms with Gasteiger partial charge in [-0.1, -0.05) is 0 Å². The second-order valence-electron chi connectivity index (χ2n) is 6.99. The molecule has 3 amide bonds. The molecule has 1 N–H and O–H groups in total. The van der Waals surface area contributed by atoms with Gasteiger partial charge in [-0.05, 0) is 51.5 Å². The molecule has 1 aromatic rings. The summed E-state index contributed by atoms with van der Waals surface area (Å²) in [5.74, 6) is -0.0726. The number of carbonyl (C=O) groups excluding carboxylic acids is 3. The first-order valence-electron chi connectivity index (χ1n) is 8.37. The molecule has 0 radical (unpaired) electrons. The molecule has 7 heteroatoms. The standard InChI is InChI=1S/C18H25N3O4/c1-18(2,3)25-17(24)19-15-7-5-14(6-8-15)16(23)21-10-4-9-20(13-22)11-12-21/h5-8,13H,4,9-12H2,1-3H3,(H,19,24). The first-order chi connectivity index (χ1) is 11.8. The molecule has 0 saturated carbocycles. The molecule has 136 valence electrons. The van der Waals surface area contributed by atoms with Crippen molar-refractivity contribution in [2.45, 2.75) is 32.8 Å². The SMILES string of the molecule is CC(C)(C)OC(=O)Nc1ccc(C(=O)N2CCCN(C=O)CC2)cc1. The molecule has 1 saturated heterocycles. The van der Waals surface area contributed by atoms with Crippen molar-refractivity contribution in [3.05, 3.63) is 29.8 Å². The van der Waals surface area contributed by atoms with Crippen LogP contribution in [0.1, 0.15) is 37.6 Å². The third kappa shape index (κ3) is 5.77. The van der Waals surface area contributed by atoms with Gasteiger partial charge in [-0.3, -0.25) is 14.9 Å². The molecular formula is C18H25N3O4. The van der Waals surface area contributed by atoms with Crippen molar-refractivity contribution in [1.29, 1.82) is 0 Å². The highest BCUT2D eigenvalue weighted by atomic mass is 16.6. The maximum absolute atomic E-state index is 12.6. The summed E-state index contributed by atoms with van der Waals surface area (Å²) >= 11 is 0. The summed E-state index contributed by atoms with van der Waals surface area (Å²) in [6.07, 6.45) is 1.06. The van der Waals surface area contributed by atoms with Gasteiger partial charge in [0.2, 0.25) is 6.41 Å². The molecule has 0 bridgehead atoms. The molecular weight excluding hydrogens is 322 g/mol. The third-order valence-electron chi connectivity index (χ3n) is 3.74. The number of carbonyl (C=O) groups is 3. The fourth-order valence-electron chi connectivity index (χ4n) is 2.55. The fraction of sp³-hybridized carbons (Fsp3) is 0.500. The number of hydrogen-bond donors (Lipinski definition) is 1. The van der Waals surface area contributed by atoms with Crippen LogP contribution in [0.25, 0.3) is 0 Å².